The van der Waals surface area contributed by atoms with Crippen molar-refractivity contribution < 1.29 is 179 Å². The van der Waals surface area contributed by atoms with Gasteiger partial charge in [0.1, 0.15) is 0 Å². The van der Waals surface area contributed by atoms with Crippen molar-refractivity contribution in [3.05, 3.63) is 0 Å². The van der Waals surface area contributed by atoms with Gasteiger partial charge in [-0.15, -0.1) is 0 Å². The summed E-state index contributed by atoms with van der Waals surface area (Å²) in [5.74, 6) is 0. The SMILES string of the molecule is [Cs+].[Cs+].[Li+].[Nb+5].[S-2].[S-2].[S-2].[S-2]. The fourth-order valence-corrected chi connectivity index (χ4v) is 0. The third-order valence-electron chi connectivity index (χ3n) is 0. The van der Waals surface area contributed by atoms with Crippen LogP contribution in [0, 0.1) is 0 Å². The summed E-state index contributed by atoms with van der Waals surface area (Å²) in [6.07, 6.45) is 0. The van der Waals surface area contributed by atoms with Crippen LogP contribution in [-0.4, -0.2) is 0 Å². The molecular formula is Cs2LiNbS4. The molecule has 8 heavy (non-hydrogen) atoms. The summed E-state index contributed by atoms with van der Waals surface area (Å²) in [5.41, 5.74) is 0. The van der Waals surface area contributed by atoms with E-state index in [1.165, 1.54) is 0 Å². The molecule has 0 fully saturated rings. The molecule has 0 heterocycles. The zero-order valence-corrected chi connectivity index (χ0v) is 23.1. The molecule has 0 radical (unpaired) electrons. The Hall–Kier alpha value is 6.84. The van der Waals surface area contributed by atoms with Crippen LogP contribution in [0.4, 0.5) is 0 Å². The van der Waals surface area contributed by atoms with Gasteiger partial charge in [-0.3, -0.25) is 0 Å². The van der Waals surface area contributed by atoms with Gasteiger partial charge in [0.25, 0.3) is 0 Å². The maximum absolute atomic E-state index is 0. The van der Waals surface area contributed by atoms with Crippen LogP contribution >= 0.6 is 0 Å². The van der Waals surface area contributed by atoms with Gasteiger partial charge in [0.15, 0.2) is 0 Å². The summed E-state index contributed by atoms with van der Waals surface area (Å²) in [5, 5.41) is 0. The third kappa shape index (κ3) is 38.5. The van der Waals surface area contributed by atoms with Crippen LogP contribution in [0.2, 0.25) is 0 Å². The zero-order chi connectivity index (χ0) is 0. The molecule has 0 aliphatic carbocycles. The minimum atomic E-state index is 0. The molecule has 0 N–H and O–H groups in total. The largest absolute Gasteiger partial charge is 5.00 e. The van der Waals surface area contributed by atoms with Crippen LogP contribution in [-0.2, 0) is 76.4 Å². The molecule has 0 nitrogen and oxygen atoms in total. The summed E-state index contributed by atoms with van der Waals surface area (Å²) < 4.78 is 0. The van der Waals surface area contributed by atoms with Gasteiger partial charge in [-0.1, -0.05) is 0 Å². The van der Waals surface area contributed by atoms with E-state index in [0.717, 1.165) is 0 Å². The van der Waals surface area contributed by atoms with Crippen molar-refractivity contribution in [2.24, 2.45) is 0 Å². The maximum Gasteiger partial charge on any atom is 5.00 e. The normalized spacial score (nSPS) is 0. The molecule has 0 aliphatic rings. The predicted octanol–water partition coefficient (Wildman–Crippen LogP) is -9.00. The van der Waals surface area contributed by atoms with Crippen molar-refractivity contribution in [1.29, 1.82) is 0 Å². The minimum absolute atomic E-state index is 0. The van der Waals surface area contributed by atoms with Crippen LogP contribution in [0.3, 0.4) is 0 Å². The van der Waals surface area contributed by atoms with Gasteiger partial charge in [0.2, 0.25) is 0 Å². The van der Waals surface area contributed by atoms with Gasteiger partial charge in [0, 0.05) is 0 Å². The molecule has 0 unspecified atom stereocenters. The van der Waals surface area contributed by atoms with E-state index in [9.17, 15) is 0 Å². The van der Waals surface area contributed by atoms with Gasteiger partial charge in [0.05, 0.1) is 0 Å². The Labute approximate surface area is 225 Å². The second-order valence-electron chi connectivity index (χ2n) is 0. The van der Waals surface area contributed by atoms with Crippen LogP contribution in [0.5, 0.6) is 0 Å². The van der Waals surface area contributed by atoms with E-state index in [2.05, 4.69) is 0 Å². The standard InChI is InChI=1S/2Cs.Li.Nb.4S/q3*+1;+5;4*-2. The van der Waals surface area contributed by atoms with Crippen molar-refractivity contribution in [2.45, 2.75) is 0 Å². The summed E-state index contributed by atoms with van der Waals surface area (Å²) in [6, 6.07) is 0. The number of hydrogen-bond donors (Lipinski definition) is 0. The smallest absolute Gasteiger partial charge is 2.00 e. The summed E-state index contributed by atoms with van der Waals surface area (Å²) in [6.45, 7) is 0. The summed E-state index contributed by atoms with van der Waals surface area (Å²) >= 11 is 0. The average molecular weight is 494 g/mol. The Morgan fingerprint density at radius 1 is 0.500 bits per heavy atom. The average Bonchev–Trinajstić information content (AvgIpc) is 0. The van der Waals surface area contributed by atoms with E-state index in [1.54, 1.807) is 0 Å². The van der Waals surface area contributed by atoms with Crippen LogP contribution in [0.1, 0.15) is 0 Å². The maximum atomic E-state index is 0. The van der Waals surface area contributed by atoms with E-state index in [-0.39, 0.29) is 233 Å². The second kappa shape index (κ2) is 48.8. The molecule has 0 aromatic rings. The predicted molar refractivity (Wildman–Crippen MR) is 29.5 cm³/mol. The quantitative estimate of drug-likeness (QED) is 0.294. The molecule has 0 aromatic heterocycles. The first-order valence-corrected chi connectivity index (χ1v) is 0. The minimum Gasteiger partial charge on any atom is -2.00 e. The Kier molecular flexibility index (Phi) is 370. The molecule has 0 saturated heterocycles. The van der Waals surface area contributed by atoms with Gasteiger partial charge < -0.3 is 54.0 Å². The Morgan fingerprint density at radius 2 is 0.500 bits per heavy atom. The topological polar surface area (TPSA) is 0 Å². The fraction of sp³-hybridized carbons (Fsp3) is 0. The first-order chi connectivity index (χ1) is 0. The molecular weight excluding hydrogens is 494 g/mol. The summed E-state index contributed by atoms with van der Waals surface area (Å²) in [4.78, 5) is 0. The van der Waals surface area contributed by atoms with Crippen LogP contribution in [0.25, 0.3) is 0 Å². The van der Waals surface area contributed by atoms with Crippen molar-refractivity contribution in [3.63, 3.8) is 0 Å². The van der Waals surface area contributed by atoms with Crippen LogP contribution < -0.4 is 157 Å². The Bertz CT molecular complexity index is 14.0. The molecule has 0 aliphatic heterocycles. The van der Waals surface area contributed by atoms with Crippen molar-refractivity contribution in [3.8, 4) is 0 Å². The second-order valence-corrected chi connectivity index (χ2v) is 0. The molecule has 0 spiro atoms. The first-order valence-electron chi connectivity index (χ1n) is 0. The van der Waals surface area contributed by atoms with Crippen molar-refractivity contribution in [1.82, 2.24) is 0 Å². The Morgan fingerprint density at radius 3 is 0.500 bits per heavy atom. The number of rotatable bonds is 0. The zero-order valence-electron chi connectivity index (χ0n) is 5.08. The molecule has 0 aromatic carbocycles. The summed E-state index contributed by atoms with van der Waals surface area (Å²) in [7, 11) is 0. The molecule has 0 atom stereocenters. The van der Waals surface area contributed by atoms with Gasteiger partial charge in [-0.05, 0) is 0 Å². The van der Waals surface area contributed by atoms with Crippen molar-refractivity contribution >= 4 is 54.0 Å². The molecule has 8 heteroatoms. The molecule has 0 bridgehead atoms. The molecule has 0 amide bonds. The Balaban J connectivity index is 0. The third-order valence-corrected chi connectivity index (χ3v) is 0. The molecule has 32 valence electrons. The van der Waals surface area contributed by atoms with E-state index < -0.39 is 0 Å². The fourth-order valence-electron chi connectivity index (χ4n) is 0. The monoisotopic (exact) mass is 494 g/mol. The number of hydrogen-bond acceptors (Lipinski definition) is 0. The molecule has 0 rings (SSSR count). The van der Waals surface area contributed by atoms with Crippen LogP contribution in [0.15, 0.2) is 0 Å². The first kappa shape index (κ1) is 60.7. The van der Waals surface area contributed by atoms with E-state index >= 15 is 0 Å². The van der Waals surface area contributed by atoms with Gasteiger partial charge in [-0.25, -0.2) is 0 Å². The van der Waals surface area contributed by atoms with E-state index in [0.29, 0.717) is 0 Å². The van der Waals surface area contributed by atoms with Gasteiger partial charge in [-0.2, -0.15) is 0 Å². The van der Waals surface area contributed by atoms with Gasteiger partial charge >= 0.3 is 179 Å². The van der Waals surface area contributed by atoms with E-state index in [4.69, 9.17) is 0 Å². The molecule has 0 saturated carbocycles. The van der Waals surface area contributed by atoms with E-state index in [1.807, 2.05) is 0 Å². The van der Waals surface area contributed by atoms with Crippen molar-refractivity contribution in [2.75, 3.05) is 0 Å².